The Labute approximate surface area is 194 Å². The molecule has 2 heterocycles. The molecule has 0 atom stereocenters. The van der Waals surface area contributed by atoms with Crippen LogP contribution in [0.3, 0.4) is 0 Å². The maximum atomic E-state index is 13.1. The molecule has 32 heavy (non-hydrogen) atoms. The highest BCUT2D eigenvalue weighted by molar-refractivity contribution is 6.34. The fraction of sp³-hybridized carbons (Fsp3) is 0.174. The number of anilines is 1. The van der Waals surface area contributed by atoms with Crippen LogP contribution in [0.15, 0.2) is 59.4 Å². The van der Waals surface area contributed by atoms with Crippen molar-refractivity contribution in [2.75, 3.05) is 5.32 Å². The highest BCUT2D eigenvalue weighted by Crippen LogP contribution is 2.24. The van der Waals surface area contributed by atoms with Gasteiger partial charge in [0, 0.05) is 12.1 Å². The van der Waals surface area contributed by atoms with Crippen LogP contribution in [0.2, 0.25) is 10.2 Å². The topological polar surface area (TPSA) is 73.8 Å². The molecule has 4 rings (SSSR count). The number of rotatable bonds is 5. The molecule has 2 aromatic heterocycles. The van der Waals surface area contributed by atoms with E-state index in [1.165, 1.54) is 9.36 Å². The molecular weight excluding hydrogens is 449 g/mol. The van der Waals surface area contributed by atoms with Crippen LogP contribution in [0, 0.1) is 13.8 Å². The number of aromatic nitrogens is 4. The van der Waals surface area contributed by atoms with E-state index in [9.17, 15) is 9.59 Å². The molecule has 0 saturated heterocycles. The highest BCUT2D eigenvalue weighted by atomic mass is 35.5. The van der Waals surface area contributed by atoms with Gasteiger partial charge in [0.25, 0.3) is 11.5 Å². The minimum Gasteiger partial charge on any atom is -0.316 e. The van der Waals surface area contributed by atoms with Gasteiger partial charge in [-0.05, 0) is 37.6 Å². The minimum atomic E-state index is -0.496. The summed E-state index contributed by atoms with van der Waals surface area (Å²) in [5.41, 5.74) is 2.67. The quantitative estimate of drug-likeness (QED) is 0.464. The molecule has 1 N–H and O–H groups in total. The molecule has 164 valence electrons. The molecule has 0 aliphatic rings. The van der Waals surface area contributed by atoms with Crippen LogP contribution in [0.1, 0.15) is 27.3 Å². The predicted octanol–water partition coefficient (Wildman–Crippen LogP) is 4.60. The number of halogens is 2. The number of para-hydroxylation sites is 1. The maximum absolute atomic E-state index is 13.1. The van der Waals surface area contributed by atoms with Crippen molar-refractivity contribution >= 4 is 34.8 Å². The number of carbonyl (C=O) groups is 1. The van der Waals surface area contributed by atoms with Crippen molar-refractivity contribution < 1.29 is 4.79 Å². The van der Waals surface area contributed by atoms with E-state index in [-0.39, 0.29) is 22.0 Å². The SMILES string of the molecule is Cc1nn(Cc2ccccc2Cl)c(Cl)c1C(=O)Nc1c(C)n(C)n(-c2ccccc2)c1=O. The number of amides is 1. The minimum absolute atomic E-state index is 0.178. The summed E-state index contributed by atoms with van der Waals surface area (Å²) in [7, 11) is 1.76. The van der Waals surface area contributed by atoms with Gasteiger partial charge in [-0.25, -0.2) is 9.36 Å². The smallest absolute Gasteiger partial charge is 0.295 e. The van der Waals surface area contributed by atoms with Crippen LogP contribution in [0.25, 0.3) is 5.69 Å². The summed E-state index contributed by atoms with van der Waals surface area (Å²) in [6, 6.07) is 16.6. The van der Waals surface area contributed by atoms with Crippen LogP contribution in [0.5, 0.6) is 0 Å². The van der Waals surface area contributed by atoms with E-state index >= 15 is 0 Å². The molecule has 1 amide bonds. The third-order valence-corrected chi connectivity index (χ3v) is 6.12. The second-order valence-corrected chi connectivity index (χ2v) is 8.16. The van der Waals surface area contributed by atoms with E-state index in [1.807, 2.05) is 48.5 Å². The molecular formula is C23H21Cl2N5O2. The van der Waals surface area contributed by atoms with E-state index in [1.54, 1.807) is 31.6 Å². The number of nitrogens with zero attached hydrogens (tertiary/aromatic N) is 4. The second-order valence-electron chi connectivity index (χ2n) is 7.39. The summed E-state index contributed by atoms with van der Waals surface area (Å²) in [4.78, 5) is 26.2. The Bertz CT molecular complexity index is 1370. The van der Waals surface area contributed by atoms with Gasteiger partial charge in [0.15, 0.2) is 0 Å². The monoisotopic (exact) mass is 469 g/mol. The summed E-state index contributed by atoms with van der Waals surface area (Å²) in [6.45, 7) is 3.79. The van der Waals surface area contributed by atoms with Crippen molar-refractivity contribution in [1.29, 1.82) is 0 Å². The first kappa shape index (κ1) is 21.9. The molecule has 0 radical (unpaired) electrons. The number of nitrogens with one attached hydrogen (secondary N) is 1. The first-order valence-electron chi connectivity index (χ1n) is 9.91. The lowest BCUT2D eigenvalue weighted by Gasteiger charge is -2.07. The van der Waals surface area contributed by atoms with E-state index in [4.69, 9.17) is 23.2 Å². The zero-order valence-electron chi connectivity index (χ0n) is 17.8. The molecule has 0 spiro atoms. The van der Waals surface area contributed by atoms with Gasteiger partial charge in [-0.2, -0.15) is 5.10 Å². The first-order valence-corrected chi connectivity index (χ1v) is 10.7. The number of hydrogen-bond acceptors (Lipinski definition) is 3. The summed E-state index contributed by atoms with van der Waals surface area (Å²) in [5, 5.41) is 7.91. The molecule has 0 fully saturated rings. The summed E-state index contributed by atoms with van der Waals surface area (Å²) < 4.78 is 4.72. The molecule has 0 saturated carbocycles. The molecule has 7 nitrogen and oxygen atoms in total. The van der Waals surface area contributed by atoms with Crippen LogP contribution < -0.4 is 10.9 Å². The van der Waals surface area contributed by atoms with E-state index in [2.05, 4.69) is 10.4 Å². The Morgan fingerprint density at radius 3 is 2.38 bits per heavy atom. The van der Waals surface area contributed by atoms with Crippen LogP contribution in [-0.4, -0.2) is 25.1 Å². The van der Waals surface area contributed by atoms with E-state index in [0.717, 1.165) is 5.56 Å². The van der Waals surface area contributed by atoms with Gasteiger partial charge >= 0.3 is 0 Å². The first-order chi connectivity index (χ1) is 15.3. The van der Waals surface area contributed by atoms with Crippen LogP contribution in [0.4, 0.5) is 5.69 Å². The van der Waals surface area contributed by atoms with Crippen molar-refractivity contribution in [3.8, 4) is 5.69 Å². The number of aryl methyl sites for hydroxylation is 1. The zero-order valence-corrected chi connectivity index (χ0v) is 19.3. The highest BCUT2D eigenvalue weighted by Gasteiger charge is 2.24. The Balaban J connectivity index is 1.67. The van der Waals surface area contributed by atoms with E-state index in [0.29, 0.717) is 28.6 Å². The lowest BCUT2D eigenvalue weighted by atomic mass is 10.2. The van der Waals surface area contributed by atoms with Crippen molar-refractivity contribution in [2.45, 2.75) is 20.4 Å². The van der Waals surface area contributed by atoms with Gasteiger partial charge < -0.3 is 5.32 Å². The second kappa shape index (κ2) is 8.68. The maximum Gasteiger partial charge on any atom is 0.295 e. The zero-order chi connectivity index (χ0) is 23.0. The van der Waals surface area contributed by atoms with Gasteiger partial charge in [-0.1, -0.05) is 59.6 Å². The molecule has 0 aliphatic heterocycles. The fourth-order valence-corrected chi connectivity index (χ4v) is 4.11. The van der Waals surface area contributed by atoms with E-state index < -0.39 is 5.91 Å². The van der Waals surface area contributed by atoms with Crippen molar-refractivity contribution in [2.24, 2.45) is 7.05 Å². The third kappa shape index (κ3) is 3.85. The summed E-state index contributed by atoms with van der Waals surface area (Å²) in [6.07, 6.45) is 0. The Hall–Kier alpha value is -3.29. The van der Waals surface area contributed by atoms with Crippen molar-refractivity contribution in [3.05, 3.63) is 97.6 Å². The predicted molar refractivity (Wildman–Crippen MR) is 126 cm³/mol. The fourth-order valence-electron chi connectivity index (χ4n) is 3.59. The Morgan fingerprint density at radius 2 is 1.69 bits per heavy atom. The normalized spacial score (nSPS) is 11.0. The molecule has 0 aliphatic carbocycles. The Kier molecular flexibility index (Phi) is 5.95. The summed E-state index contributed by atoms with van der Waals surface area (Å²) >= 11 is 12.8. The average molecular weight is 470 g/mol. The summed E-state index contributed by atoms with van der Waals surface area (Å²) in [5.74, 6) is -0.496. The van der Waals surface area contributed by atoms with Gasteiger partial charge in [0.1, 0.15) is 10.8 Å². The third-order valence-electron chi connectivity index (χ3n) is 5.36. The molecule has 0 unspecified atom stereocenters. The lowest BCUT2D eigenvalue weighted by molar-refractivity contribution is 0.102. The van der Waals surface area contributed by atoms with Crippen molar-refractivity contribution in [1.82, 2.24) is 19.1 Å². The molecule has 4 aromatic rings. The molecule has 9 heteroatoms. The van der Waals surface area contributed by atoms with Crippen LogP contribution in [-0.2, 0) is 13.6 Å². The lowest BCUT2D eigenvalue weighted by Crippen LogP contribution is -2.23. The average Bonchev–Trinajstić information content (AvgIpc) is 3.17. The largest absolute Gasteiger partial charge is 0.316 e. The van der Waals surface area contributed by atoms with Gasteiger partial charge in [-0.15, -0.1) is 0 Å². The number of benzene rings is 2. The van der Waals surface area contributed by atoms with Crippen molar-refractivity contribution in [3.63, 3.8) is 0 Å². The molecule has 0 bridgehead atoms. The van der Waals surface area contributed by atoms with Gasteiger partial charge in [-0.3, -0.25) is 14.3 Å². The van der Waals surface area contributed by atoms with Gasteiger partial charge in [0.05, 0.1) is 29.2 Å². The number of hydrogen-bond donors (Lipinski definition) is 1. The Morgan fingerprint density at radius 1 is 1.03 bits per heavy atom. The number of carbonyl (C=O) groups excluding carboxylic acids is 1. The molecule has 2 aromatic carbocycles. The van der Waals surface area contributed by atoms with Gasteiger partial charge in [0.2, 0.25) is 0 Å². The van der Waals surface area contributed by atoms with Crippen LogP contribution >= 0.6 is 23.2 Å². The standard InChI is InChI=1S/C23H21Cl2N5O2/c1-14-19(21(25)29(27-14)13-16-9-7-8-12-18(16)24)22(31)26-20-15(2)28(3)30(23(20)32)17-10-5-4-6-11-17/h4-12H,13H2,1-3H3,(H,26,31).